The van der Waals surface area contributed by atoms with Crippen LogP contribution in [0.1, 0.15) is 43.6 Å². The Morgan fingerprint density at radius 1 is 1.26 bits per heavy atom. The van der Waals surface area contributed by atoms with Crippen LogP contribution < -0.4 is 10.6 Å². The summed E-state index contributed by atoms with van der Waals surface area (Å²) in [5.41, 5.74) is 7.49. The molecule has 2 amide bonds. The minimum atomic E-state index is -0.341. The maximum Gasteiger partial charge on any atom is 0.237 e. The van der Waals surface area contributed by atoms with E-state index in [0.29, 0.717) is 18.2 Å². The third-order valence-corrected chi connectivity index (χ3v) is 5.97. The van der Waals surface area contributed by atoms with Crippen LogP contribution in [0, 0.1) is 0 Å². The fourth-order valence-corrected chi connectivity index (χ4v) is 4.54. The molecule has 0 unspecified atom stereocenters. The number of para-hydroxylation sites is 1. The van der Waals surface area contributed by atoms with Crippen molar-refractivity contribution in [3.05, 3.63) is 35.7 Å². The highest BCUT2D eigenvalue weighted by Crippen LogP contribution is 2.39. The van der Waals surface area contributed by atoms with Crippen molar-refractivity contribution in [3.8, 4) is 0 Å². The lowest BCUT2D eigenvalue weighted by Crippen LogP contribution is -2.37. The highest BCUT2D eigenvalue weighted by Gasteiger charge is 2.32. The quantitative estimate of drug-likeness (QED) is 0.737. The molecule has 1 aliphatic carbocycles. The summed E-state index contributed by atoms with van der Waals surface area (Å²) < 4.78 is 2.09. The van der Waals surface area contributed by atoms with Crippen molar-refractivity contribution in [1.82, 2.24) is 14.8 Å². The van der Waals surface area contributed by atoms with Gasteiger partial charge in [0.05, 0.1) is 5.75 Å². The Bertz CT molecular complexity index is 877. The molecule has 0 bridgehead atoms. The third kappa shape index (κ3) is 3.71. The fourth-order valence-electron chi connectivity index (χ4n) is 3.65. The van der Waals surface area contributed by atoms with Gasteiger partial charge in [0, 0.05) is 30.6 Å². The minimum Gasteiger partial charge on any atom is -0.370 e. The molecule has 2 aromatic rings. The molecule has 27 heavy (non-hydrogen) atoms. The molecule has 8 heteroatoms. The summed E-state index contributed by atoms with van der Waals surface area (Å²) in [5, 5.41) is 9.26. The molecule has 142 valence electrons. The Balaban J connectivity index is 1.46. The van der Waals surface area contributed by atoms with Crippen molar-refractivity contribution in [2.75, 3.05) is 10.7 Å². The molecule has 2 aliphatic rings. The number of aryl methyl sites for hydroxylation is 1. The van der Waals surface area contributed by atoms with E-state index in [0.717, 1.165) is 35.9 Å². The SMILES string of the molecule is C[C@@H]1Cc2ccccc2N1C(=O)CSc1nnc(CCC(N)=O)n1C1CC1. The molecule has 1 aromatic carbocycles. The molecule has 0 saturated heterocycles. The molecule has 1 atom stereocenters. The first-order valence-corrected chi connectivity index (χ1v) is 10.3. The zero-order chi connectivity index (χ0) is 19.0. The van der Waals surface area contributed by atoms with Gasteiger partial charge in [0.25, 0.3) is 0 Å². The van der Waals surface area contributed by atoms with Gasteiger partial charge in [0.2, 0.25) is 11.8 Å². The number of amides is 2. The molecule has 4 rings (SSSR count). The number of fused-ring (bicyclic) bond motifs is 1. The zero-order valence-electron chi connectivity index (χ0n) is 15.3. The van der Waals surface area contributed by atoms with Crippen LogP contribution >= 0.6 is 11.8 Å². The van der Waals surface area contributed by atoms with Gasteiger partial charge in [-0.25, -0.2) is 0 Å². The molecule has 1 fully saturated rings. The Kier molecular flexibility index (Phi) is 4.90. The maximum atomic E-state index is 12.9. The van der Waals surface area contributed by atoms with Crippen molar-refractivity contribution in [3.63, 3.8) is 0 Å². The van der Waals surface area contributed by atoms with Crippen LogP contribution in [0.2, 0.25) is 0 Å². The summed E-state index contributed by atoms with van der Waals surface area (Å²) in [6.45, 7) is 2.08. The standard InChI is InChI=1S/C19H23N5O2S/c1-12-10-13-4-2-3-5-15(13)23(12)18(26)11-27-19-22-21-17(9-8-16(20)25)24(19)14-6-7-14/h2-5,12,14H,6-11H2,1H3,(H2,20,25)/t12-/m1/s1. The van der Waals surface area contributed by atoms with Crippen LogP contribution in [0.3, 0.4) is 0 Å². The first kappa shape index (κ1) is 18.0. The van der Waals surface area contributed by atoms with Gasteiger partial charge in [-0.1, -0.05) is 30.0 Å². The average molecular weight is 385 g/mol. The number of carbonyl (C=O) groups excluding carboxylic acids is 2. The number of anilines is 1. The number of aromatic nitrogens is 3. The minimum absolute atomic E-state index is 0.0847. The van der Waals surface area contributed by atoms with E-state index in [1.54, 1.807) is 0 Å². The molecule has 1 aromatic heterocycles. The fraction of sp³-hybridized carbons (Fsp3) is 0.474. The molecule has 2 N–H and O–H groups in total. The van der Waals surface area contributed by atoms with Crippen LogP contribution in [0.15, 0.2) is 29.4 Å². The van der Waals surface area contributed by atoms with Crippen molar-refractivity contribution in [2.45, 2.75) is 56.3 Å². The Morgan fingerprint density at radius 3 is 2.78 bits per heavy atom. The van der Waals surface area contributed by atoms with Gasteiger partial charge >= 0.3 is 0 Å². The summed E-state index contributed by atoms with van der Waals surface area (Å²) in [5.74, 6) is 0.846. The Labute approximate surface area is 162 Å². The molecule has 7 nitrogen and oxygen atoms in total. The molecule has 1 saturated carbocycles. The van der Waals surface area contributed by atoms with Gasteiger partial charge in [-0.05, 0) is 37.8 Å². The summed E-state index contributed by atoms with van der Waals surface area (Å²) in [7, 11) is 0. The number of thioether (sulfide) groups is 1. The number of nitrogens with zero attached hydrogens (tertiary/aromatic N) is 4. The lowest BCUT2D eigenvalue weighted by Gasteiger charge is -2.22. The van der Waals surface area contributed by atoms with E-state index in [1.165, 1.54) is 17.3 Å². The first-order chi connectivity index (χ1) is 13.0. The number of carbonyl (C=O) groups is 2. The lowest BCUT2D eigenvalue weighted by molar-refractivity contribution is -0.118. The second kappa shape index (κ2) is 7.34. The number of hydrogen-bond acceptors (Lipinski definition) is 5. The lowest BCUT2D eigenvalue weighted by atomic mass is 10.1. The molecule has 0 spiro atoms. The van der Waals surface area contributed by atoms with Gasteiger partial charge in [-0.3, -0.25) is 9.59 Å². The summed E-state index contributed by atoms with van der Waals surface area (Å²) in [6, 6.07) is 8.63. The van der Waals surface area contributed by atoms with Crippen molar-refractivity contribution in [2.24, 2.45) is 5.73 Å². The first-order valence-electron chi connectivity index (χ1n) is 9.29. The van der Waals surface area contributed by atoms with Gasteiger partial charge < -0.3 is 15.2 Å². The number of hydrogen-bond donors (Lipinski definition) is 1. The van der Waals surface area contributed by atoms with Crippen LogP contribution in [0.25, 0.3) is 0 Å². The molecule has 0 radical (unpaired) electrons. The van der Waals surface area contributed by atoms with E-state index in [2.05, 4.69) is 27.8 Å². The van der Waals surface area contributed by atoms with Crippen LogP contribution in [-0.4, -0.2) is 38.4 Å². The molecule has 2 heterocycles. The number of primary amides is 1. The predicted molar refractivity (Wildman–Crippen MR) is 104 cm³/mol. The monoisotopic (exact) mass is 385 g/mol. The molecular weight excluding hydrogens is 362 g/mol. The van der Waals surface area contributed by atoms with E-state index in [1.807, 2.05) is 23.1 Å². The molecular formula is C19H23N5O2S. The van der Waals surface area contributed by atoms with E-state index in [-0.39, 0.29) is 24.3 Å². The third-order valence-electron chi connectivity index (χ3n) is 5.04. The van der Waals surface area contributed by atoms with Crippen molar-refractivity contribution >= 4 is 29.3 Å². The van der Waals surface area contributed by atoms with Gasteiger partial charge in [-0.2, -0.15) is 0 Å². The second-order valence-corrected chi connectivity index (χ2v) is 8.14. The smallest absolute Gasteiger partial charge is 0.237 e. The topological polar surface area (TPSA) is 94.1 Å². The Morgan fingerprint density at radius 2 is 2.04 bits per heavy atom. The van der Waals surface area contributed by atoms with Crippen LogP contribution in [-0.2, 0) is 22.4 Å². The number of nitrogens with two attached hydrogens (primary N) is 1. The van der Waals surface area contributed by atoms with Crippen molar-refractivity contribution < 1.29 is 9.59 Å². The normalized spacial score (nSPS) is 18.6. The van der Waals surface area contributed by atoms with Crippen LogP contribution in [0.5, 0.6) is 0 Å². The maximum absolute atomic E-state index is 12.9. The van der Waals surface area contributed by atoms with E-state index < -0.39 is 0 Å². The van der Waals surface area contributed by atoms with Gasteiger partial charge in [0.15, 0.2) is 5.16 Å². The van der Waals surface area contributed by atoms with Gasteiger partial charge in [-0.15, -0.1) is 10.2 Å². The highest BCUT2D eigenvalue weighted by atomic mass is 32.2. The second-order valence-electron chi connectivity index (χ2n) is 7.20. The largest absolute Gasteiger partial charge is 0.370 e. The van der Waals surface area contributed by atoms with E-state index in [9.17, 15) is 9.59 Å². The molecule has 1 aliphatic heterocycles. The summed E-state index contributed by atoms with van der Waals surface area (Å²) in [4.78, 5) is 25.9. The number of rotatable bonds is 7. The van der Waals surface area contributed by atoms with Crippen LogP contribution in [0.4, 0.5) is 5.69 Å². The van der Waals surface area contributed by atoms with Crippen molar-refractivity contribution in [1.29, 1.82) is 0 Å². The van der Waals surface area contributed by atoms with E-state index in [4.69, 9.17) is 5.73 Å². The van der Waals surface area contributed by atoms with E-state index >= 15 is 0 Å². The number of benzene rings is 1. The highest BCUT2D eigenvalue weighted by molar-refractivity contribution is 7.99. The summed E-state index contributed by atoms with van der Waals surface area (Å²) >= 11 is 1.42. The predicted octanol–water partition coefficient (Wildman–Crippen LogP) is 2.10. The zero-order valence-corrected chi connectivity index (χ0v) is 16.1. The average Bonchev–Trinajstić information content (AvgIpc) is 3.30. The van der Waals surface area contributed by atoms with Gasteiger partial charge in [0.1, 0.15) is 5.82 Å². The Hall–Kier alpha value is -2.35. The summed E-state index contributed by atoms with van der Waals surface area (Å²) in [6.07, 6.45) is 3.81.